The standard InChI is InChI=1S/C13H20N4O/c1-2-6-14-12-8-11(5-7-15-12)16-9-13(18)17-10-3-4-10/h5,7-8,10H,2-4,6,9H2,1H3,(H,17,18)(H2,14,15,16). The molecule has 18 heavy (non-hydrogen) atoms. The molecule has 1 aliphatic rings. The van der Waals surface area contributed by atoms with Crippen molar-refractivity contribution in [2.45, 2.75) is 32.2 Å². The van der Waals surface area contributed by atoms with Crippen LogP contribution in [-0.2, 0) is 4.79 Å². The Morgan fingerprint density at radius 2 is 2.28 bits per heavy atom. The van der Waals surface area contributed by atoms with E-state index >= 15 is 0 Å². The van der Waals surface area contributed by atoms with Gasteiger partial charge in [-0.05, 0) is 25.3 Å². The fourth-order valence-electron chi connectivity index (χ4n) is 1.58. The first-order valence-corrected chi connectivity index (χ1v) is 6.51. The average molecular weight is 248 g/mol. The summed E-state index contributed by atoms with van der Waals surface area (Å²) >= 11 is 0. The Balaban J connectivity index is 1.78. The molecule has 2 rings (SSSR count). The maximum absolute atomic E-state index is 11.5. The lowest BCUT2D eigenvalue weighted by Gasteiger charge is -2.09. The Labute approximate surface area is 107 Å². The van der Waals surface area contributed by atoms with Crippen LogP contribution in [0.15, 0.2) is 18.3 Å². The van der Waals surface area contributed by atoms with Crippen LogP contribution in [0.5, 0.6) is 0 Å². The third kappa shape index (κ3) is 4.24. The molecule has 1 saturated carbocycles. The molecule has 5 heteroatoms. The monoisotopic (exact) mass is 248 g/mol. The van der Waals surface area contributed by atoms with Crippen LogP contribution in [0.3, 0.4) is 0 Å². The van der Waals surface area contributed by atoms with Gasteiger partial charge < -0.3 is 16.0 Å². The van der Waals surface area contributed by atoms with Crippen LogP contribution in [-0.4, -0.2) is 30.0 Å². The summed E-state index contributed by atoms with van der Waals surface area (Å²) in [7, 11) is 0. The number of hydrogen-bond acceptors (Lipinski definition) is 4. The summed E-state index contributed by atoms with van der Waals surface area (Å²) in [6, 6.07) is 4.19. The molecule has 1 amide bonds. The number of amides is 1. The minimum atomic E-state index is 0.0531. The third-order valence-corrected chi connectivity index (χ3v) is 2.71. The molecule has 5 nitrogen and oxygen atoms in total. The Bertz CT molecular complexity index is 404. The number of nitrogens with zero attached hydrogens (tertiary/aromatic N) is 1. The lowest BCUT2D eigenvalue weighted by atomic mass is 10.3. The average Bonchev–Trinajstić information content (AvgIpc) is 3.18. The van der Waals surface area contributed by atoms with Gasteiger partial charge in [0, 0.05) is 30.5 Å². The van der Waals surface area contributed by atoms with E-state index < -0.39 is 0 Å². The normalized spacial score (nSPS) is 14.1. The van der Waals surface area contributed by atoms with Gasteiger partial charge in [0.15, 0.2) is 0 Å². The number of carbonyl (C=O) groups is 1. The van der Waals surface area contributed by atoms with E-state index in [4.69, 9.17) is 0 Å². The smallest absolute Gasteiger partial charge is 0.239 e. The van der Waals surface area contributed by atoms with Gasteiger partial charge in [0.2, 0.25) is 5.91 Å². The molecule has 0 aromatic carbocycles. The molecular weight excluding hydrogens is 228 g/mol. The Morgan fingerprint density at radius 1 is 1.44 bits per heavy atom. The number of hydrogen-bond donors (Lipinski definition) is 3. The Hall–Kier alpha value is -1.78. The van der Waals surface area contributed by atoms with Crippen LogP contribution in [0.1, 0.15) is 26.2 Å². The molecule has 0 unspecified atom stereocenters. The van der Waals surface area contributed by atoms with Gasteiger partial charge in [-0.25, -0.2) is 4.98 Å². The maximum atomic E-state index is 11.5. The van der Waals surface area contributed by atoms with Gasteiger partial charge in [-0.15, -0.1) is 0 Å². The van der Waals surface area contributed by atoms with E-state index in [1.54, 1.807) is 6.20 Å². The second kappa shape index (κ2) is 6.23. The fraction of sp³-hybridized carbons (Fsp3) is 0.538. The van der Waals surface area contributed by atoms with Gasteiger partial charge in [-0.2, -0.15) is 0 Å². The van der Waals surface area contributed by atoms with E-state index in [0.29, 0.717) is 12.6 Å². The number of nitrogens with one attached hydrogen (secondary N) is 3. The number of pyridine rings is 1. The molecule has 0 radical (unpaired) electrons. The molecule has 1 aromatic heterocycles. The highest BCUT2D eigenvalue weighted by atomic mass is 16.2. The SMILES string of the molecule is CCCNc1cc(NCC(=O)NC2CC2)ccn1. The Morgan fingerprint density at radius 3 is 3.00 bits per heavy atom. The number of rotatable bonds is 7. The van der Waals surface area contributed by atoms with Crippen LogP contribution in [0.25, 0.3) is 0 Å². The van der Waals surface area contributed by atoms with Crippen molar-refractivity contribution in [1.82, 2.24) is 10.3 Å². The fourth-order valence-corrected chi connectivity index (χ4v) is 1.58. The van der Waals surface area contributed by atoms with E-state index in [1.165, 1.54) is 0 Å². The summed E-state index contributed by atoms with van der Waals surface area (Å²) in [5.74, 6) is 0.891. The molecule has 0 saturated heterocycles. The predicted octanol–water partition coefficient (Wildman–Crippen LogP) is 1.59. The van der Waals surface area contributed by atoms with E-state index in [2.05, 4.69) is 27.9 Å². The highest BCUT2D eigenvalue weighted by Gasteiger charge is 2.22. The summed E-state index contributed by atoms with van der Waals surface area (Å²) in [5, 5.41) is 9.26. The topological polar surface area (TPSA) is 66.0 Å². The van der Waals surface area contributed by atoms with E-state index in [9.17, 15) is 4.79 Å². The van der Waals surface area contributed by atoms with Gasteiger partial charge in [-0.3, -0.25) is 4.79 Å². The van der Waals surface area contributed by atoms with Crippen molar-refractivity contribution >= 4 is 17.4 Å². The van der Waals surface area contributed by atoms with E-state index in [-0.39, 0.29) is 5.91 Å². The summed E-state index contributed by atoms with van der Waals surface area (Å²) in [4.78, 5) is 15.7. The summed E-state index contributed by atoms with van der Waals surface area (Å²) in [5.41, 5.74) is 0.912. The van der Waals surface area contributed by atoms with Gasteiger partial charge in [-0.1, -0.05) is 6.92 Å². The zero-order chi connectivity index (χ0) is 12.8. The number of anilines is 2. The molecule has 0 aliphatic heterocycles. The van der Waals surface area contributed by atoms with Crippen LogP contribution < -0.4 is 16.0 Å². The molecule has 1 aliphatic carbocycles. The molecule has 0 bridgehead atoms. The highest BCUT2D eigenvalue weighted by Crippen LogP contribution is 2.18. The molecule has 98 valence electrons. The largest absolute Gasteiger partial charge is 0.376 e. The van der Waals surface area contributed by atoms with Crippen LogP contribution >= 0.6 is 0 Å². The quantitative estimate of drug-likeness (QED) is 0.685. The predicted molar refractivity (Wildman–Crippen MR) is 72.7 cm³/mol. The van der Waals surface area contributed by atoms with Crippen molar-refractivity contribution in [3.05, 3.63) is 18.3 Å². The summed E-state index contributed by atoms with van der Waals surface area (Å²) in [6.45, 7) is 3.32. The summed E-state index contributed by atoms with van der Waals surface area (Å²) < 4.78 is 0. The highest BCUT2D eigenvalue weighted by molar-refractivity contribution is 5.81. The molecule has 3 N–H and O–H groups in total. The van der Waals surface area contributed by atoms with E-state index in [1.807, 2.05) is 12.1 Å². The molecular formula is C13H20N4O. The maximum Gasteiger partial charge on any atom is 0.239 e. The lowest BCUT2D eigenvalue weighted by Crippen LogP contribution is -2.31. The van der Waals surface area contributed by atoms with Gasteiger partial charge >= 0.3 is 0 Å². The van der Waals surface area contributed by atoms with Crippen molar-refractivity contribution in [2.75, 3.05) is 23.7 Å². The van der Waals surface area contributed by atoms with Crippen molar-refractivity contribution in [3.8, 4) is 0 Å². The molecule has 1 fully saturated rings. The van der Waals surface area contributed by atoms with Gasteiger partial charge in [0.05, 0.1) is 6.54 Å². The second-order valence-corrected chi connectivity index (χ2v) is 4.55. The molecule has 0 atom stereocenters. The summed E-state index contributed by atoms with van der Waals surface area (Å²) in [6.07, 6.45) is 5.03. The minimum absolute atomic E-state index is 0.0531. The molecule has 1 aromatic rings. The van der Waals surface area contributed by atoms with Gasteiger partial charge in [0.1, 0.15) is 5.82 Å². The lowest BCUT2D eigenvalue weighted by molar-refractivity contribution is -0.119. The van der Waals surface area contributed by atoms with Crippen molar-refractivity contribution in [3.63, 3.8) is 0 Å². The Kier molecular flexibility index (Phi) is 4.39. The molecule has 0 spiro atoms. The number of carbonyl (C=O) groups excluding carboxylic acids is 1. The van der Waals surface area contributed by atoms with Crippen molar-refractivity contribution in [2.24, 2.45) is 0 Å². The van der Waals surface area contributed by atoms with Crippen molar-refractivity contribution < 1.29 is 4.79 Å². The first-order valence-electron chi connectivity index (χ1n) is 6.51. The minimum Gasteiger partial charge on any atom is -0.376 e. The van der Waals surface area contributed by atoms with Crippen LogP contribution in [0.2, 0.25) is 0 Å². The van der Waals surface area contributed by atoms with Crippen LogP contribution in [0.4, 0.5) is 11.5 Å². The van der Waals surface area contributed by atoms with Crippen molar-refractivity contribution in [1.29, 1.82) is 0 Å². The molecule has 1 heterocycles. The van der Waals surface area contributed by atoms with E-state index in [0.717, 1.165) is 37.3 Å². The number of aromatic nitrogens is 1. The van der Waals surface area contributed by atoms with Gasteiger partial charge in [0.25, 0.3) is 0 Å². The zero-order valence-electron chi connectivity index (χ0n) is 10.7. The first kappa shape index (κ1) is 12.7. The second-order valence-electron chi connectivity index (χ2n) is 4.55. The first-order chi connectivity index (χ1) is 8.78. The van der Waals surface area contributed by atoms with Crippen LogP contribution in [0, 0.1) is 0 Å². The third-order valence-electron chi connectivity index (χ3n) is 2.71. The zero-order valence-corrected chi connectivity index (χ0v) is 10.7.